The first-order chi connectivity index (χ1) is 9.04. The van der Waals surface area contributed by atoms with Gasteiger partial charge in [-0.3, -0.25) is 4.68 Å². The van der Waals surface area contributed by atoms with Crippen molar-refractivity contribution >= 4 is 27.5 Å². The van der Waals surface area contributed by atoms with Gasteiger partial charge in [0.1, 0.15) is 6.10 Å². The predicted molar refractivity (Wildman–Crippen MR) is 80.5 cm³/mol. The molecule has 0 saturated heterocycles. The van der Waals surface area contributed by atoms with E-state index in [1.54, 1.807) is 10.9 Å². The molecule has 1 aromatic carbocycles. The first-order valence-electron chi connectivity index (χ1n) is 6.20. The summed E-state index contributed by atoms with van der Waals surface area (Å²) in [6, 6.07) is 5.78. The average molecular weight is 344 g/mol. The first-order valence-corrected chi connectivity index (χ1v) is 7.37. The fourth-order valence-corrected chi connectivity index (χ4v) is 2.52. The maximum atomic E-state index is 10.5. The van der Waals surface area contributed by atoms with Crippen molar-refractivity contribution in [1.82, 2.24) is 9.78 Å². The number of aliphatic hydroxyl groups excluding tert-OH is 1. The Balaban J connectivity index is 2.40. The van der Waals surface area contributed by atoms with Crippen LogP contribution in [0.4, 0.5) is 0 Å². The van der Waals surface area contributed by atoms with Crippen molar-refractivity contribution in [3.8, 4) is 0 Å². The molecule has 2 aromatic rings. The van der Waals surface area contributed by atoms with E-state index >= 15 is 0 Å². The summed E-state index contributed by atoms with van der Waals surface area (Å²) >= 11 is 9.60. The Morgan fingerprint density at radius 2 is 2.21 bits per heavy atom. The summed E-state index contributed by atoms with van der Waals surface area (Å²) in [5.41, 5.74) is 2.56. The molecule has 0 aliphatic rings. The summed E-state index contributed by atoms with van der Waals surface area (Å²) in [5, 5.41) is 15.2. The lowest BCUT2D eigenvalue weighted by molar-refractivity contribution is 0.207. The van der Waals surface area contributed by atoms with E-state index in [9.17, 15) is 5.11 Å². The van der Waals surface area contributed by atoms with Crippen molar-refractivity contribution in [3.63, 3.8) is 0 Å². The van der Waals surface area contributed by atoms with E-state index in [2.05, 4.69) is 28.0 Å². The zero-order valence-electron chi connectivity index (χ0n) is 10.9. The molecule has 1 unspecified atom stereocenters. The van der Waals surface area contributed by atoms with Crippen LogP contribution in [0.15, 0.2) is 28.9 Å². The van der Waals surface area contributed by atoms with Crippen LogP contribution in [0.3, 0.4) is 0 Å². The molecule has 1 heterocycles. The highest BCUT2D eigenvalue weighted by molar-refractivity contribution is 9.10. The number of nitrogens with zero attached hydrogens (tertiary/aromatic N) is 2. The molecule has 0 saturated carbocycles. The van der Waals surface area contributed by atoms with Crippen LogP contribution in [-0.4, -0.2) is 14.9 Å². The molecular weight excluding hydrogens is 328 g/mol. The van der Waals surface area contributed by atoms with Gasteiger partial charge in [-0.05, 0) is 30.5 Å². The molecule has 0 radical (unpaired) electrons. The smallest absolute Gasteiger partial charge is 0.122 e. The third kappa shape index (κ3) is 3.02. The third-order valence-corrected chi connectivity index (χ3v) is 4.21. The lowest BCUT2D eigenvalue weighted by atomic mass is 10.0. The Hall–Kier alpha value is -0.840. The van der Waals surface area contributed by atoms with Gasteiger partial charge in [0.25, 0.3) is 0 Å². The molecule has 0 fully saturated rings. The van der Waals surface area contributed by atoms with Gasteiger partial charge in [-0.25, -0.2) is 0 Å². The fourth-order valence-electron chi connectivity index (χ4n) is 2.03. The van der Waals surface area contributed by atoms with Gasteiger partial charge in [0, 0.05) is 11.0 Å². The molecule has 2 rings (SSSR count). The topological polar surface area (TPSA) is 38.0 Å². The molecule has 3 nitrogen and oxygen atoms in total. The Bertz CT molecular complexity index is 583. The van der Waals surface area contributed by atoms with Gasteiger partial charge in [0.05, 0.1) is 16.9 Å². The summed E-state index contributed by atoms with van der Waals surface area (Å²) in [6.45, 7) is 4.80. The van der Waals surface area contributed by atoms with Crippen LogP contribution in [0.5, 0.6) is 0 Å². The summed E-state index contributed by atoms with van der Waals surface area (Å²) < 4.78 is 2.79. The van der Waals surface area contributed by atoms with Crippen molar-refractivity contribution in [1.29, 1.82) is 0 Å². The maximum absolute atomic E-state index is 10.5. The molecule has 0 amide bonds. The second-order valence-corrected chi connectivity index (χ2v) is 5.77. The zero-order chi connectivity index (χ0) is 14.0. The second-order valence-electron chi connectivity index (χ2n) is 4.51. The molecule has 0 aliphatic carbocycles. The van der Waals surface area contributed by atoms with E-state index in [-0.39, 0.29) is 0 Å². The number of hydrogen-bond acceptors (Lipinski definition) is 2. The van der Waals surface area contributed by atoms with E-state index in [1.165, 1.54) is 0 Å². The Kier molecular flexibility index (Phi) is 4.66. The monoisotopic (exact) mass is 342 g/mol. The number of aliphatic hydroxyl groups is 1. The van der Waals surface area contributed by atoms with Gasteiger partial charge in [0.2, 0.25) is 0 Å². The molecule has 0 spiro atoms. The standard InChI is InChI=1S/C14H16BrClN2O/c1-3-6-18-13(12(16)8-17-18)14(19)10-4-5-11(15)9(2)7-10/h4-5,7-8,14,19H,3,6H2,1-2H3. The zero-order valence-corrected chi connectivity index (χ0v) is 13.2. The van der Waals surface area contributed by atoms with Crippen LogP contribution in [-0.2, 0) is 6.54 Å². The Morgan fingerprint density at radius 1 is 1.47 bits per heavy atom. The lowest BCUT2D eigenvalue weighted by Gasteiger charge is -2.15. The molecule has 0 aliphatic heterocycles. The number of benzene rings is 1. The number of hydrogen-bond donors (Lipinski definition) is 1. The minimum absolute atomic E-state index is 0.501. The minimum atomic E-state index is -0.756. The Morgan fingerprint density at radius 3 is 2.84 bits per heavy atom. The van der Waals surface area contributed by atoms with Crippen LogP contribution in [0.1, 0.15) is 36.3 Å². The van der Waals surface area contributed by atoms with Crippen molar-refractivity contribution in [3.05, 3.63) is 50.7 Å². The fraction of sp³-hybridized carbons (Fsp3) is 0.357. The van der Waals surface area contributed by atoms with Gasteiger partial charge in [-0.2, -0.15) is 5.10 Å². The molecule has 5 heteroatoms. The predicted octanol–water partition coefficient (Wildman–Crippen LogP) is 4.10. The third-order valence-electron chi connectivity index (χ3n) is 3.03. The van der Waals surface area contributed by atoms with Crippen LogP contribution < -0.4 is 0 Å². The largest absolute Gasteiger partial charge is 0.382 e. The van der Waals surface area contributed by atoms with Crippen LogP contribution >= 0.6 is 27.5 Å². The molecule has 1 atom stereocenters. The molecule has 102 valence electrons. The summed E-state index contributed by atoms with van der Waals surface area (Å²) in [5.74, 6) is 0. The summed E-state index contributed by atoms with van der Waals surface area (Å²) in [7, 11) is 0. The van der Waals surface area contributed by atoms with Gasteiger partial charge in [-0.1, -0.05) is 46.6 Å². The van der Waals surface area contributed by atoms with Crippen molar-refractivity contribution < 1.29 is 5.11 Å². The normalized spacial score (nSPS) is 12.7. The van der Waals surface area contributed by atoms with Gasteiger partial charge in [0.15, 0.2) is 0 Å². The highest BCUT2D eigenvalue weighted by Gasteiger charge is 2.20. The van der Waals surface area contributed by atoms with Crippen molar-refractivity contribution in [2.24, 2.45) is 0 Å². The van der Waals surface area contributed by atoms with Crippen LogP contribution in [0, 0.1) is 6.92 Å². The van der Waals surface area contributed by atoms with Crippen molar-refractivity contribution in [2.45, 2.75) is 32.9 Å². The summed E-state index contributed by atoms with van der Waals surface area (Å²) in [4.78, 5) is 0. The summed E-state index contributed by atoms with van der Waals surface area (Å²) in [6.07, 6.45) is 1.77. The molecule has 1 aromatic heterocycles. The van der Waals surface area contributed by atoms with E-state index in [1.807, 2.05) is 25.1 Å². The highest BCUT2D eigenvalue weighted by Crippen LogP contribution is 2.30. The number of aryl methyl sites for hydroxylation is 2. The average Bonchev–Trinajstić information content (AvgIpc) is 2.74. The van der Waals surface area contributed by atoms with Crippen LogP contribution in [0.25, 0.3) is 0 Å². The highest BCUT2D eigenvalue weighted by atomic mass is 79.9. The maximum Gasteiger partial charge on any atom is 0.122 e. The molecule has 0 bridgehead atoms. The molecule has 19 heavy (non-hydrogen) atoms. The lowest BCUT2D eigenvalue weighted by Crippen LogP contribution is -2.10. The first kappa shape index (κ1) is 14.6. The molecular formula is C14H16BrClN2O. The van der Waals surface area contributed by atoms with Gasteiger partial charge < -0.3 is 5.11 Å². The minimum Gasteiger partial charge on any atom is -0.382 e. The van der Waals surface area contributed by atoms with Gasteiger partial charge >= 0.3 is 0 Å². The number of aromatic nitrogens is 2. The van der Waals surface area contributed by atoms with E-state index in [4.69, 9.17) is 11.6 Å². The van der Waals surface area contributed by atoms with Crippen molar-refractivity contribution in [2.75, 3.05) is 0 Å². The SMILES string of the molecule is CCCn1ncc(Cl)c1C(O)c1ccc(Br)c(C)c1. The van der Waals surface area contributed by atoms with Gasteiger partial charge in [-0.15, -0.1) is 0 Å². The van der Waals surface area contributed by atoms with E-state index in [0.29, 0.717) is 10.7 Å². The number of halogens is 2. The quantitative estimate of drug-likeness (QED) is 0.907. The van der Waals surface area contributed by atoms with E-state index in [0.717, 1.165) is 28.6 Å². The Labute approximate surface area is 126 Å². The van der Waals surface area contributed by atoms with Crippen LogP contribution in [0.2, 0.25) is 5.02 Å². The number of rotatable bonds is 4. The van der Waals surface area contributed by atoms with E-state index < -0.39 is 6.10 Å². The molecule has 1 N–H and O–H groups in total. The second kappa shape index (κ2) is 6.07.